The van der Waals surface area contributed by atoms with Crippen LogP contribution in [0.5, 0.6) is 0 Å². The van der Waals surface area contributed by atoms with Crippen molar-refractivity contribution in [2.45, 2.75) is 90.1 Å². The van der Waals surface area contributed by atoms with Crippen molar-refractivity contribution in [1.29, 1.82) is 0 Å². The van der Waals surface area contributed by atoms with Gasteiger partial charge in [-0.3, -0.25) is 4.55 Å². The molecule has 26 heavy (non-hydrogen) atoms. The summed E-state index contributed by atoms with van der Waals surface area (Å²) in [5.74, 6) is 0. The summed E-state index contributed by atoms with van der Waals surface area (Å²) in [5, 5.41) is 0. The van der Waals surface area contributed by atoms with Crippen molar-refractivity contribution in [2.24, 2.45) is 0 Å². The highest BCUT2D eigenvalue weighted by molar-refractivity contribution is 7.86. The van der Waals surface area contributed by atoms with Crippen molar-refractivity contribution < 1.29 is 26.1 Å². The summed E-state index contributed by atoms with van der Waals surface area (Å²) < 4.78 is 59.9. The Morgan fingerprint density at radius 3 is 1.92 bits per heavy atom. The second-order valence-corrected chi connectivity index (χ2v) is 7.82. The van der Waals surface area contributed by atoms with Gasteiger partial charge in [0.05, 0.1) is 0 Å². The Balaban J connectivity index is 0.000000660. The van der Waals surface area contributed by atoms with Crippen LogP contribution in [0.25, 0.3) is 0 Å². The number of rotatable bonds is 11. The predicted octanol–water partition coefficient (Wildman–Crippen LogP) is 5.98. The van der Waals surface area contributed by atoms with E-state index >= 15 is 0 Å². The molecule has 0 fully saturated rings. The molecule has 0 aliphatic carbocycles. The van der Waals surface area contributed by atoms with Gasteiger partial charge < -0.3 is 4.57 Å². The molecule has 0 aromatic carbocycles. The van der Waals surface area contributed by atoms with E-state index in [1.54, 1.807) is 0 Å². The lowest BCUT2D eigenvalue weighted by atomic mass is 10.1. The summed E-state index contributed by atoms with van der Waals surface area (Å²) in [5.41, 5.74) is -4.04. The third-order valence-corrected chi connectivity index (χ3v) is 4.50. The lowest BCUT2D eigenvalue weighted by Gasteiger charge is -2.03. The van der Waals surface area contributed by atoms with Crippen LogP contribution in [-0.2, 0) is 23.1 Å². The molecule has 0 spiro atoms. The molecule has 1 aromatic rings. The molecule has 0 bridgehead atoms. The van der Waals surface area contributed by atoms with Crippen LogP contribution in [0.3, 0.4) is 0 Å². The van der Waals surface area contributed by atoms with Gasteiger partial charge in [-0.15, -0.1) is 0 Å². The molecule has 0 amide bonds. The highest BCUT2D eigenvalue weighted by atomic mass is 32.2. The molecule has 1 rings (SSSR count). The van der Waals surface area contributed by atoms with Crippen LogP contribution >= 0.6 is 0 Å². The Labute approximate surface area is 155 Å². The molecule has 0 saturated carbocycles. The van der Waals surface area contributed by atoms with E-state index in [9.17, 15) is 13.2 Å². The first-order valence-corrected chi connectivity index (χ1v) is 10.7. The predicted molar refractivity (Wildman–Crippen MR) is 98.6 cm³/mol. The van der Waals surface area contributed by atoms with Crippen molar-refractivity contribution in [3.8, 4) is 0 Å². The van der Waals surface area contributed by atoms with Crippen LogP contribution < -0.4 is 0 Å². The average Bonchev–Trinajstić information content (AvgIpc) is 2.96. The largest absolute Gasteiger partial charge is 0.522 e. The first-order chi connectivity index (χ1) is 12.1. The van der Waals surface area contributed by atoms with Gasteiger partial charge in [-0.2, -0.15) is 21.6 Å². The fourth-order valence-corrected chi connectivity index (χ4v) is 2.49. The van der Waals surface area contributed by atoms with Crippen molar-refractivity contribution >= 4 is 10.1 Å². The summed E-state index contributed by atoms with van der Waals surface area (Å²) in [6.07, 6.45) is 18.3. The summed E-state index contributed by atoms with van der Waals surface area (Å²) in [4.78, 5) is 0. The van der Waals surface area contributed by atoms with E-state index in [-0.39, 0.29) is 0 Å². The summed E-state index contributed by atoms with van der Waals surface area (Å²) >= 11 is 0. The molecule has 0 aliphatic heterocycles. The van der Waals surface area contributed by atoms with Gasteiger partial charge in [-0.1, -0.05) is 65.2 Å². The van der Waals surface area contributed by atoms with Gasteiger partial charge in [0.1, 0.15) is 0 Å². The van der Waals surface area contributed by atoms with Crippen LogP contribution in [0.1, 0.15) is 77.2 Å². The fraction of sp³-hybridized carbons (Fsp3) is 0.778. The zero-order valence-corrected chi connectivity index (χ0v) is 16.6. The first-order valence-electron chi connectivity index (χ1n) is 9.30. The van der Waals surface area contributed by atoms with E-state index in [1.165, 1.54) is 76.3 Å². The van der Waals surface area contributed by atoms with Crippen molar-refractivity contribution in [3.63, 3.8) is 0 Å². The number of hydrogen-bond donors (Lipinski definition) is 1. The highest BCUT2D eigenvalue weighted by Crippen LogP contribution is 2.20. The maximum atomic E-state index is 10.7. The average molecular weight is 400 g/mol. The Hall–Kier alpha value is -1.02. The third kappa shape index (κ3) is 12.4. The Bertz CT molecular complexity index is 568. The molecule has 0 radical (unpaired) electrons. The van der Waals surface area contributed by atoms with Gasteiger partial charge in [0.15, 0.2) is 0 Å². The number of halogens is 3. The van der Waals surface area contributed by atoms with E-state index in [0.717, 1.165) is 0 Å². The summed E-state index contributed by atoms with van der Waals surface area (Å²) in [7, 11) is -5.84. The van der Waals surface area contributed by atoms with Gasteiger partial charge >= 0.3 is 15.6 Å². The molecule has 4 nitrogen and oxygen atoms in total. The van der Waals surface area contributed by atoms with E-state index in [2.05, 4.69) is 36.9 Å². The van der Waals surface area contributed by atoms with Gasteiger partial charge in [0.2, 0.25) is 0 Å². The Morgan fingerprint density at radius 2 is 1.46 bits per heavy atom. The van der Waals surface area contributed by atoms with E-state index in [4.69, 9.17) is 13.0 Å². The van der Waals surface area contributed by atoms with Gasteiger partial charge in [-0.05, 0) is 24.5 Å². The molecule has 0 atom stereocenters. The number of hydrogen-bond acceptors (Lipinski definition) is 2. The van der Waals surface area contributed by atoms with Crippen molar-refractivity contribution in [1.82, 2.24) is 4.57 Å². The van der Waals surface area contributed by atoms with Crippen molar-refractivity contribution in [3.05, 3.63) is 24.0 Å². The van der Waals surface area contributed by atoms with E-state index in [1.807, 2.05) is 0 Å². The number of alkyl halides is 3. The first kappa shape index (κ1) is 25.0. The number of aryl methyl sites for hydroxylation is 2. The minimum atomic E-state index is -5.84. The topological polar surface area (TPSA) is 59.3 Å². The van der Waals surface area contributed by atoms with E-state index in [0.29, 0.717) is 0 Å². The maximum Gasteiger partial charge on any atom is 0.522 e. The molecule has 0 aliphatic rings. The van der Waals surface area contributed by atoms with Gasteiger partial charge in [0, 0.05) is 18.9 Å². The third-order valence-electron chi connectivity index (χ3n) is 3.91. The standard InChI is InChI=1S/C17H31N.CHF3O3S/c1-3-5-6-7-8-9-10-11-14-18-15-13-17(16-18)12-4-2;2-1(3,4)8(5,6)7/h13,15-16H,3-12,14H2,1-2H3;(H,5,6,7). The Morgan fingerprint density at radius 1 is 0.962 bits per heavy atom. The second kappa shape index (κ2) is 13.2. The lowest BCUT2D eigenvalue weighted by Crippen LogP contribution is -2.21. The molecule has 1 N–H and O–H groups in total. The Kier molecular flexibility index (Phi) is 12.7. The monoisotopic (exact) mass is 399 g/mol. The van der Waals surface area contributed by atoms with E-state index < -0.39 is 15.6 Å². The van der Waals surface area contributed by atoms with Gasteiger partial charge in [-0.25, -0.2) is 0 Å². The van der Waals surface area contributed by atoms with Crippen LogP contribution in [0.15, 0.2) is 18.5 Å². The lowest BCUT2D eigenvalue weighted by molar-refractivity contribution is -0.0510. The number of unbranched alkanes of at least 4 members (excludes halogenated alkanes) is 7. The highest BCUT2D eigenvalue weighted by Gasteiger charge is 2.44. The van der Waals surface area contributed by atoms with Crippen LogP contribution in [-0.4, -0.2) is 23.0 Å². The quantitative estimate of drug-likeness (QED) is 0.283. The van der Waals surface area contributed by atoms with Crippen LogP contribution in [0.2, 0.25) is 0 Å². The molecule has 1 aromatic heterocycles. The summed E-state index contributed by atoms with van der Waals surface area (Å²) in [6, 6.07) is 2.27. The molecular weight excluding hydrogens is 367 g/mol. The molecule has 154 valence electrons. The molecule has 0 unspecified atom stereocenters. The maximum absolute atomic E-state index is 10.7. The minimum Gasteiger partial charge on any atom is -0.354 e. The summed E-state index contributed by atoms with van der Waals surface area (Å²) in [6.45, 7) is 5.73. The number of aromatic nitrogens is 1. The minimum absolute atomic E-state index is 1.21. The van der Waals surface area contributed by atoms with Gasteiger partial charge in [0.25, 0.3) is 0 Å². The van der Waals surface area contributed by atoms with Crippen molar-refractivity contribution in [2.75, 3.05) is 0 Å². The smallest absolute Gasteiger partial charge is 0.354 e. The van der Waals surface area contributed by atoms with Crippen LogP contribution in [0.4, 0.5) is 13.2 Å². The molecular formula is C18H32F3NO3S. The molecule has 1 heterocycles. The zero-order valence-electron chi connectivity index (χ0n) is 15.8. The molecule has 0 saturated heterocycles. The number of nitrogens with zero attached hydrogens (tertiary/aromatic N) is 1. The fourth-order valence-electron chi connectivity index (χ4n) is 2.49. The normalized spacial score (nSPS) is 11.9. The van der Waals surface area contributed by atoms with Crippen LogP contribution in [0, 0.1) is 0 Å². The zero-order chi connectivity index (χ0) is 20.1. The SMILES string of the molecule is CCCCCCCCCCn1ccc(CCC)c1.O=S(=O)(O)C(F)(F)F. The molecule has 8 heteroatoms. The second-order valence-electron chi connectivity index (χ2n) is 6.40.